The smallest absolute Gasteiger partial charge is 0.299 e. The summed E-state index contributed by atoms with van der Waals surface area (Å²) in [5.74, 6) is 0. The van der Waals surface area contributed by atoms with Crippen molar-refractivity contribution in [3.8, 4) is 0 Å². The number of carbonyl (C=O) groups is 1. The molecule has 1 aliphatic heterocycles. The maximum Gasteiger partial charge on any atom is 0.328 e. The summed E-state index contributed by atoms with van der Waals surface area (Å²) < 4.78 is 0. The molecule has 0 bridgehead atoms. The lowest BCUT2D eigenvalue weighted by Gasteiger charge is -2.10. The Morgan fingerprint density at radius 3 is 1.83 bits per heavy atom. The second-order valence-corrected chi connectivity index (χ2v) is 2.63. The van der Waals surface area contributed by atoms with Crippen LogP contribution in [0.1, 0.15) is 13.8 Å². The van der Waals surface area contributed by atoms with Crippen LogP contribution >= 0.6 is 0 Å². The molecule has 1 saturated heterocycles. The number of nitrogens with zero attached hydrogens (tertiary/aromatic N) is 2. The summed E-state index contributed by atoms with van der Waals surface area (Å²) in [4.78, 5) is 14.9. The fourth-order valence-corrected chi connectivity index (χ4v) is 1.21. The van der Waals surface area contributed by atoms with Crippen LogP contribution in [0.25, 0.3) is 0 Å². The summed E-state index contributed by atoms with van der Waals surface area (Å²) in [7, 11) is 0. The topological polar surface area (TPSA) is 23.6 Å². The van der Waals surface area contributed by atoms with E-state index < -0.39 is 0 Å². The highest BCUT2D eigenvalue weighted by Gasteiger charge is 2.24. The zero-order valence-corrected chi connectivity index (χ0v) is 7.53. The zero-order valence-electron chi connectivity index (χ0n) is 7.53. The standard InChI is InChI=1S/C9H14N2O/c1-3-5-10-7-8-11(6-4-2)9(10)12/h3-6H,7-8H2,1-2H3. The van der Waals surface area contributed by atoms with Crippen LogP contribution in [0.3, 0.4) is 0 Å². The van der Waals surface area contributed by atoms with Gasteiger partial charge in [-0.3, -0.25) is 9.80 Å². The van der Waals surface area contributed by atoms with Gasteiger partial charge in [-0.15, -0.1) is 0 Å². The van der Waals surface area contributed by atoms with Crippen LogP contribution in [0.2, 0.25) is 0 Å². The molecule has 0 aliphatic carbocycles. The van der Waals surface area contributed by atoms with Gasteiger partial charge in [-0.1, -0.05) is 12.2 Å². The minimum Gasteiger partial charge on any atom is -0.299 e. The molecule has 3 nitrogen and oxygen atoms in total. The molecule has 0 saturated carbocycles. The molecule has 1 heterocycles. The van der Waals surface area contributed by atoms with Crippen LogP contribution in [-0.2, 0) is 0 Å². The number of carbonyl (C=O) groups excluding carboxylic acids is 1. The Bertz CT molecular complexity index is 199. The van der Waals surface area contributed by atoms with Crippen molar-refractivity contribution >= 4 is 6.03 Å². The molecule has 0 radical (unpaired) electrons. The third kappa shape index (κ3) is 1.67. The van der Waals surface area contributed by atoms with Crippen molar-refractivity contribution in [1.82, 2.24) is 9.80 Å². The van der Waals surface area contributed by atoms with E-state index in [9.17, 15) is 4.79 Å². The monoisotopic (exact) mass is 166 g/mol. The van der Waals surface area contributed by atoms with E-state index in [0.29, 0.717) is 0 Å². The Morgan fingerprint density at radius 2 is 1.50 bits per heavy atom. The Balaban J connectivity index is 2.61. The summed E-state index contributed by atoms with van der Waals surface area (Å²) >= 11 is 0. The van der Waals surface area contributed by atoms with Gasteiger partial charge in [0.25, 0.3) is 0 Å². The highest BCUT2D eigenvalue weighted by atomic mass is 16.2. The second-order valence-electron chi connectivity index (χ2n) is 2.63. The highest BCUT2D eigenvalue weighted by Crippen LogP contribution is 2.08. The fraction of sp³-hybridized carbons (Fsp3) is 0.444. The number of amides is 2. The summed E-state index contributed by atoms with van der Waals surface area (Å²) in [6, 6.07) is 0.0613. The van der Waals surface area contributed by atoms with Gasteiger partial charge in [0.1, 0.15) is 0 Å². The number of rotatable bonds is 2. The SMILES string of the molecule is CC=CN1CCN(C=CC)C1=O. The average molecular weight is 166 g/mol. The van der Waals surface area contributed by atoms with E-state index in [1.165, 1.54) is 0 Å². The van der Waals surface area contributed by atoms with Crippen LogP contribution in [-0.4, -0.2) is 28.9 Å². The molecule has 0 atom stereocenters. The van der Waals surface area contributed by atoms with Crippen LogP contribution in [0.4, 0.5) is 4.79 Å². The van der Waals surface area contributed by atoms with Crippen molar-refractivity contribution in [2.75, 3.05) is 13.1 Å². The zero-order chi connectivity index (χ0) is 8.97. The summed E-state index contributed by atoms with van der Waals surface area (Å²) in [5.41, 5.74) is 0. The number of allylic oxidation sites excluding steroid dienone is 2. The molecular formula is C9H14N2O. The van der Waals surface area contributed by atoms with Crippen LogP contribution in [0.5, 0.6) is 0 Å². The van der Waals surface area contributed by atoms with E-state index >= 15 is 0 Å². The van der Waals surface area contributed by atoms with Crippen LogP contribution < -0.4 is 0 Å². The van der Waals surface area contributed by atoms with Crippen molar-refractivity contribution in [3.63, 3.8) is 0 Å². The van der Waals surface area contributed by atoms with Gasteiger partial charge in [-0.25, -0.2) is 4.79 Å². The van der Waals surface area contributed by atoms with Gasteiger partial charge in [0.15, 0.2) is 0 Å². The first kappa shape index (κ1) is 8.84. The minimum absolute atomic E-state index is 0.0613. The first-order valence-corrected chi connectivity index (χ1v) is 4.12. The molecule has 3 heteroatoms. The Morgan fingerprint density at radius 1 is 1.08 bits per heavy atom. The van der Waals surface area contributed by atoms with E-state index in [1.807, 2.05) is 38.4 Å². The minimum atomic E-state index is 0.0613. The summed E-state index contributed by atoms with van der Waals surface area (Å²) in [6.45, 7) is 5.39. The molecule has 1 aliphatic rings. The molecule has 0 N–H and O–H groups in total. The Hall–Kier alpha value is -1.25. The third-order valence-corrected chi connectivity index (χ3v) is 1.73. The third-order valence-electron chi connectivity index (χ3n) is 1.73. The molecule has 0 aromatic heterocycles. The molecule has 66 valence electrons. The van der Waals surface area contributed by atoms with Gasteiger partial charge >= 0.3 is 6.03 Å². The van der Waals surface area contributed by atoms with Crippen LogP contribution in [0.15, 0.2) is 24.6 Å². The van der Waals surface area contributed by atoms with E-state index in [-0.39, 0.29) is 6.03 Å². The summed E-state index contributed by atoms with van der Waals surface area (Å²) in [5, 5.41) is 0. The van der Waals surface area contributed by atoms with E-state index in [2.05, 4.69) is 0 Å². The van der Waals surface area contributed by atoms with Gasteiger partial charge in [0.05, 0.1) is 0 Å². The summed E-state index contributed by atoms with van der Waals surface area (Å²) in [6.07, 6.45) is 7.37. The van der Waals surface area contributed by atoms with E-state index in [0.717, 1.165) is 13.1 Å². The molecule has 0 aromatic carbocycles. The number of hydrogen-bond acceptors (Lipinski definition) is 1. The maximum atomic E-state index is 11.4. The van der Waals surface area contributed by atoms with Gasteiger partial charge in [0, 0.05) is 25.5 Å². The van der Waals surface area contributed by atoms with Crippen LogP contribution in [0, 0.1) is 0 Å². The predicted molar refractivity (Wildman–Crippen MR) is 48.4 cm³/mol. The van der Waals surface area contributed by atoms with Gasteiger partial charge in [-0.2, -0.15) is 0 Å². The predicted octanol–water partition coefficient (Wildman–Crippen LogP) is 1.79. The lowest BCUT2D eigenvalue weighted by atomic mass is 10.6. The Labute approximate surface area is 73.0 Å². The van der Waals surface area contributed by atoms with Crippen molar-refractivity contribution in [2.45, 2.75) is 13.8 Å². The van der Waals surface area contributed by atoms with Gasteiger partial charge < -0.3 is 0 Å². The fourth-order valence-electron chi connectivity index (χ4n) is 1.21. The van der Waals surface area contributed by atoms with Crippen molar-refractivity contribution < 1.29 is 4.79 Å². The molecule has 1 rings (SSSR count). The van der Waals surface area contributed by atoms with E-state index in [4.69, 9.17) is 0 Å². The molecule has 0 spiro atoms. The number of urea groups is 1. The lowest BCUT2D eigenvalue weighted by Crippen LogP contribution is -2.24. The van der Waals surface area contributed by atoms with Gasteiger partial charge in [-0.05, 0) is 13.8 Å². The normalized spacial score (nSPS) is 19.0. The molecule has 0 unspecified atom stereocenters. The average Bonchev–Trinajstić information content (AvgIpc) is 2.38. The molecular weight excluding hydrogens is 152 g/mol. The van der Waals surface area contributed by atoms with Crippen molar-refractivity contribution in [3.05, 3.63) is 24.6 Å². The Kier molecular flexibility index (Phi) is 2.91. The lowest BCUT2D eigenvalue weighted by molar-refractivity contribution is 0.213. The number of hydrogen-bond donors (Lipinski definition) is 0. The first-order valence-electron chi connectivity index (χ1n) is 4.12. The van der Waals surface area contributed by atoms with Crippen molar-refractivity contribution in [2.24, 2.45) is 0 Å². The molecule has 12 heavy (non-hydrogen) atoms. The second kappa shape index (κ2) is 3.95. The van der Waals surface area contributed by atoms with Crippen molar-refractivity contribution in [1.29, 1.82) is 0 Å². The van der Waals surface area contributed by atoms with E-state index in [1.54, 1.807) is 9.80 Å². The highest BCUT2D eigenvalue weighted by molar-refractivity contribution is 5.78. The van der Waals surface area contributed by atoms with Gasteiger partial charge in [0.2, 0.25) is 0 Å². The first-order chi connectivity index (χ1) is 5.79. The largest absolute Gasteiger partial charge is 0.328 e. The quantitative estimate of drug-likeness (QED) is 0.613. The molecule has 0 aromatic rings. The molecule has 2 amide bonds. The maximum absolute atomic E-state index is 11.4. The molecule has 1 fully saturated rings.